The second-order valence-electron chi connectivity index (χ2n) is 6.09. The number of aryl methyl sites for hydroxylation is 1. The Morgan fingerprint density at radius 2 is 1.55 bits per heavy atom. The Bertz CT molecular complexity index is 412. The number of benzene rings is 1. The number of likely N-dealkylation sites (N-methyl/N-ethyl adjacent to an activating group) is 1. The number of rotatable bonds is 11. The van der Waals surface area contributed by atoms with E-state index in [2.05, 4.69) is 19.1 Å². The molecule has 0 heterocycles. The highest BCUT2D eigenvalue weighted by molar-refractivity contribution is 5.77. The number of unbranched alkanes of at least 4 members (excludes halogenated alkanes) is 6. The van der Waals surface area contributed by atoms with Gasteiger partial charge in [-0.25, -0.2) is 0 Å². The molecule has 0 saturated carbocycles. The lowest BCUT2D eigenvalue weighted by molar-refractivity contribution is -0.130. The number of carbonyl (C=O) groups is 1. The summed E-state index contributed by atoms with van der Waals surface area (Å²) in [5.41, 5.74) is 1.35. The Morgan fingerprint density at radius 3 is 2.14 bits per heavy atom. The van der Waals surface area contributed by atoms with Gasteiger partial charge in [0.2, 0.25) is 0 Å². The van der Waals surface area contributed by atoms with Crippen molar-refractivity contribution >= 4 is 5.91 Å². The maximum absolute atomic E-state index is 11.5. The lowest BCUT2D eigenvalue weighted by Crippen LogP contribution is -2.27. The smallest absolute Gasteiger partial charge is 0.259 e. The van der Waals surface area contributed by atoms with Gasteiger partial charge in [-0.15, -0.1) is 0 Å². The highest BCUT2D eigenvalue weighted by atomic mass is 16.5. The fourth-order valence-electron chi connectivity index (χ4n) is 2.31. The monoisotopic (exact) mass is 305 g/mol. The Balaban J connectivity index is 2.17. The lowest BCUT2D eigenvalue weighted by atomic mass is 10.0. The number of hydrogen-bond donors (Lipinski definition) is 0. The maximum atomic E-state index is 11.5. The molecule has 1 rings (SSSR count). The summed E-state index contributed by atoms with van der Waals surface area (Å²) in [7, 11) is 3.47. The van der Waals surface area contributed by atoms with Crippen LogP contribution in [0, 0.1) is 0 Å². The van der Waals surface area contributed by atoms with Crippen LogP contribution in [0.1, 0.15) is 57.4 Å². The van der Waals surface area contributed by atoms with Gasteiger partial charge >= 0.3 is 0 Å². The van der Waals surface area contributed by atoms with Crippen LogP contribution in [0.25, 0.3) is 0 Å². The Kier molecular flexibility index (Phi) is 9.36. The van der Waals surface area contributed by atoms with Gasteiger partial charge in [0.15, 0.2) is 6.61 Å². The normalized spacial score (nSPS) is 10.5. The van der Waals surface area contributed by atoms with Crippen molar-refractivity contribution in [3.8, 4) is 5.75 Å². The summed E-state index contributed by atoms with van der Waals surface area (Å²) in [6.07, 6.45) is 10.5. The third-order valence-corrected chi connectivity index (χ3v) is 3.85. The number of nitrogens with zero attached hydrogens (tertiary/aromatic N) is 1. The van der Waals surface area contributed by atoms with Gasteiger partial charge in [0, 0.05) is 14.1 Å². The van der Waals surface area contributed by atoms with E-state index in [-0.39, 0.29) is 12.5 Å². The van der Waals surface area contributed by atoms with E-state index < -0.39 is 0 Å². The molecular weight excluding hydrogens is 274 g/mol. The van der Waals surface area contributed by atoms with Gasteiger partial charge < -0.3 is 9.64 Å². The van der Waals surface area contributed by atoms with E-state index in [1.807, 2.05) is 12.1 Å². The second-order valence-corrected chi connectivity index (χ2v) is 6.09. The van der Waals surface area contributed by atoms with Crippen molar-refractivity contribution in [1.29, 1.82) is 0 Å². The molecule has 124 valence electrons. The van der Waals surface area contributed by atoms with Crippen LogP contribution >= 0.6 is 0 Å². The highest BCUT2D eigenvalue weighted by Gasteiger charge is 2.04. The molecule has 0 unspecified atom stereocenters. The molecule has 0 radical (unpaired) electrons. The average molecular weight is 305 g/mol. The summed E-state index contributed by atoms with van der Waals surface area (Å²) in [6, 6.07) is 8.12. The molecule has 3 nitrogen and oxygen atoms in total. The number of carbonyl (C=O) groups excluding carboxylic acids is 1. The van der Waals surface area contributed by atoms with E-state index >= 15 is 0 Å². The van der Waals surface area contributed by atoms with Crippen LogP contribution in [0.2, 0.25) is 0 Å². The van der Waals surface area contributed by atoms with Crippen molar-refractivity contribution in [3.63, 3.8) is 0 Å². The number of ether oxygens (including phenoxy) is 1. The van der Waals surface area contributed by atoms with Crippen molar-refractivity contribution < 1.29 is 9.53 Å². The first-order valence-corrected chi connectivity index (χ1v) is 8.55. The summed E-state index contributed by atoms with van der Waals surface area (Å²) in [6.45, 7) is 2.36. The predicted molar refractivity (Wildman–Crippen MR) is 92.3 cm³/mol. The lowest BCUT2D eigenvalue weighted by Gasteiger charge is -2.11. The predicted octanol–water partition coefficient (Wildman–Crippen LogP) is 4.45. The summed E-state index contributed by atoms with van der Waals surface area (Å²) < 4.78 is 5.47. The number of amides is 1. The molecule has 0 bridgehead atoms. The van der Waals surface area contributed by atoms with E-state index in [1.165, 1.54) is 55.4 Å². The molecule has 0 fully saturated rings. The summed E-state index contributed by atoms with van der Waals surface area (Å²) in [5, 5.41) is 0. The topological polar surface area (TPSA) is 29.5 Å². The first-order valence-electron chi connectivity index (χ1n) is 8.55. The molecule has 0 saturated heterocycles. The largest absolute Gasteiger partial charge is 0.484 e. The third kappa shape index (κ3) is 8.06. The second kappa shape index (κ2) is 11.1. The van der Waals surface area contributed by atoms with Gasteiger partial charge in [0.25, 0.3) is 5.91 Å². The summed E-state index contributed by atoms with van der Waals surface area (Å²) in [5.74, 6) is 0.741. The number of hydrogen-bond acceptors (Lipinski definition) is 2. The maximum Gasteiger partial charge on any atom is 0.259 e. The Labute approximate surface area is 135 Å². The minimum absolute atomic E-state index is 0.0212. The molecule has 0 aromatic heterocycles. The quantitative estimate of drug-likeness (QED) is 0.565. The van der Waals surface area contributed by atoms with Gasteiger partial charge in [0.1, 0.15) is 5.75 Å². The fourth-order valence-corrected chi connectivity index (χ4v) is 2.31. The molecule has 1 aromatic carbocycles. The molecular formula is C19H31NO2. The van der Waals surface area contributed by atoms with Crippen LogP contribution in [0.4, 0.5) is 0 Å². The molecule has 0 spiro atoms. The fraction of sp³-hybridized carbons (Fsp3) is 0.632. The van der Waals surface area contributed by atoms with Crippen molar-refractivity contribution in [3.05, 3.63) is 29.8 Å². The van der Waals surface area contributed by atoms with Gasteiger partial charge in [-0.3, -0.25) is 4.79 Å². The van der Waals surface area contributed by atoms with Crippen molar-refractivity contribution in [2.45, 2.75) is 58.3 Å². The van der Waals surface area contributed by atoms with Crippen LogP contribution < -0.4 is 4.74 Å². The van der Waals surface area contributed by atoms with E-state index in [0.717, 1.165) is 12.2 Å². The minimum atomic E-state index is -0.0212. The van der Waals surface area contributed by atoms with E-state index in [1.54, 1.807) is 14.1 Å². The summed E-state index contributed by atoms with van der Waals surface area (Å²) >= 11 is 0. The molecule has 0 N–H and O–H groups in total. The standard InChI is InChI=1S/C19H31NO2/c1-4-5-6-7-8-9-10-11-17-12-14-18(15-13-17)22-16-19(21)20(2)3/h12-15H,4-11,16H2,1-3H3. The van der Waals surface area contributed by atoms with Crippen LogP contribution in [-0.2, 0) is 11.2 Å². The van der Waals surface area contributed by atoms with Gasteiger partial charge in [-0.2, -0.15) is 0 Å². The molecule has 1 amide bonds. The van der Waals surface area contributed by atoms with Crippen molar-refractivity contribution in [2.75, 3.05) is 20.7 Å². The zero-order valence-electron chi connectivity index (χ0n) is 14.4. The zero-order valence-corrected chi connectivity index (χ0v) is 14.4. The van der Waals surface area contributed by atoms with Crippen LogP contribution in [0.15, 0.2) is 24.3 Å². The SMILES string of the molecule is CCCCCCCCCc1ccc(OCC(=O)N(C)C)cc1. The van der Waals surface area contributed by atoms with E-state index in [4.69, 9.17) is 4.74 Å². The molecule has 0 aliphatic heterocycles. The first-order chi connectivity index (χ1) is 10.6. The molecule has 0 aliphatic carbocycles. The Morgan fingerprint density at radius 1 is 0.955 bits per heavy atom. The third-order valence-electron chi connectivity index (χ3n) is 3.85. The average Bonchev–Trinajstić information content (AvgIpc) is 2.52. The molecule has 1 aromatic rings. The van der Waals surface area contributed by atoms with Crippen LogP contribution in [0.5, 0.6) is 5.75 Å². The van der Waals surface area contributed by atoms with Crippen molar-refractivity contribution in [2.24, 2.45) is 0 Å². The van der Waals surface area contributed by atoms with E-state index in [9.17, 15) is 4.79 Å². The zero-order chi connectivity index (χ0) is 16.2. The van der Waals surface area contributed by atoms with Gasteiger partial charge in [-0.1, -0.05) is 57.6 Å². The van der Waals surface area contributed by atoms with E-state index in [0.29, 0.717) is 0 Å². The minimum Gasteiger partial charge on any atom is -0.484 e. The highest BCUT2D eigenvalue weighted by Crippen LogP contribution is 2.15. The molecule has 3 heteroatoms. The molecule has 0 atom stereocenters. The Hall–Kier alpha value is -1.51. The van der Waals surface area contributed by atoms with Crippen LogP contribution in [-0.4, -0.2) is 31.5 Å². The van der Waals surface area contributed by atoms with Gasteiger partial charge in [-0.05, 0) is 30.5 Å². The molecule has 22 heavy (non-hydrogen) atoms. The summed E-state index contributed by atoms with van der Waals surface area (Å²) in [4.78, 5) is 13.0. The van der Waals surface area contributed by atoms with Crippen molar-refractivity contribution in [1.82, 2.24) is 4.90 Å². The molecule has 0 aliphatic rings. The van der Waals surface area contributed by atoms with Gasteiger partial charge in [0.05, 0.1) is 0 Å². The van der Waals surface area contributed by atoms with Crippen LogP contribution in [0.3, 0.4) is 0 Å². The first kappa shape index (κ1) is 18.5.